The normalized spacial score (nSPS) is 19.2. The Labute approximate surface area is 139 Å². The molecule has 1 aromatic rings. The van der Waals surface area contributed by atoms with Gasteiger partial charge >= 0.3 is 0 Å². The van der Waals surface area contributed by atoms with Crippen LogP contribution in [-0.2, 0) is 14.9 Å². The van der Waals surface area contributed by atoms with Crippen molar-refractivity contribution >= 4 is 5.96 Å². The number of hydrogen-bond donors (Lipinski definition) is 2. The van der Waals surface area contributed by atoms with Crippen molar-refractivity contribution in [3.63, 3.8) is 0 Å². The molecule has 1 aromatic carbocycles. The third-order valence-corrected chi connectivity index (χ3v) is 4.45. The van der Waals surface area contributed by atoms with Gasteiger partial charge < -0.3 is 20.1 Å². The van der Waals surface area contributed by atoms with Crippen molar-refractivity contribution in [3.8, 4) is 0 Å². The van der Waals surface area contributed by atoms with Crippen LogP contribution in [0.25, 0.3) is 0 Å². The van der Waals surface area contributed by atoms with Crippen molar-refractivity contribution in [1.82, 2.24) is 10.6 Å². The van der Waals surface area contributed by atoms with Gasteiger partial charge in [-0.3, -0.25) is 4.99 Å². The predicted octanol–water partition coefficient (Wildman–Crippen LogP) is 1.93. The molecule has 1 aliphatic heterocycles. The van der Waals surface area contributed by atoms with E-state index in [2.05, 4.69) is 52.9 Å². The number of guanidine groups is 1. The van der Waals surface area contributed by atoms with Crippen molar-refractivity contribution in [3.05, 3.63) is 35.9 Å². The fourth-order valence-electron chi connectivity index (χ4n) is 3.09. The Hall–Kier alpha value is -1.59. The Morgan fingerprint density at radius 2 is 2.00 bits per heavy atom. The second-order valence-corrected chi connectivity index (χ2v) is 6.19. The van der Waals surface area contributed by atoms with E-state index in [0.717, 1.165) is 38.6 Å². The average molecular weight is 319 g/mol. The molecule has 0 amide bonds. The van der Waals surface area contributed by atoms with Crippen LogP contribution in [0.5, 0.6) is 0 Å². The molecule has 0 radical (unpaired) electrons. The van der Waals surface area contributed by atoms with Crippen LogP contribution in [0.3, 0.4) is 0 Å². The van der Waals surface area contributed by atoms with E-state index >= 15 is 0 Å². The van der Waals surface area contributed by atoms with Crippen LogP contribution in [0.2, 0.25) is 0 Å². The van der Waals surface area contributed by atoms with E-state index in [9.17, 15) is 0 Å². The summed E-state index contributed by atoms with van der Waals surface area (Å²) in [4.78, 5) is 4.33. The summed E-state index contributed by atoms with van der Waals surface area (Å²) in [6, 6.07) is 10.9. The van der Waals surface area contributed by atoms with Gasteiger partial charge in [0, 0.05) is 45.4 Å². The summed E-state index contributed by atoms with van der Waals surface area (Å²) < 4.78 is 10.8. The van der Waals surface area contributed by atoms with Gasteiger partial charge in [0.2, 0.25) is 0 Å². The summed E-state index contributed by atoms with van der Waals surface area (Å²) in [5.74, 6) is 0.816. The molecule has 5 heteroatoms. The monoisotopic (exact) mass is 319 g/mol. The molecule has 2 rings (SSSR count). The maximum absolute atomic E-state index is 5.59. The van der Waals surface area contributed by atoms with Crippen LogP contribution in [0.15, 0.2) is 35.3 Å². The van der Waals surface area contributed by atoms with E-state index in [1.165, 1.54) is 5.56 Å². The Balaban J connectivity index is 2.04. The summed E-state index contributed by atoms with van der Waals surface area (Å²) in [6.07, 6.45) is 2.04. The van der Waals surface area contributed by atoms with E-state index < -0.39 is 0 Å². The highest BCUT2D eigenvalue weighted by Crippen LogP contribution is 2.34. The SMILES string of the molecule is CN=C(NCC1(c2ccccc2)CCOCC1)NC(C)COC. The molecule has 1 saturated heterocycles. The fraction of sp³-hybridized carbons (Fsp3) is 0.611. The molecule has 1 aliphatic rings. The first kappa shape index (κ1) is 17.8. The first-order valence-corrected chi connectivity index (χ1v) is 8.29. The van der Waals surface area contributed by atoms with E-state index in [4.69, 9.17) is 9.47 Å². The third-order valence-electron chi connectivity index (χ3n) is 4.45. The lowest BCUT2D eigenvalue weighted by Gasteiger charge is -2.38. The molecule has 0 spiro atoms. The topological polar surface area (TPSA) is 54.9 Å². The van der Waals surface area contributed by atoms with Crippen LogP contribution < -0.4 is 10.6 Å². The lowest BCUT2D eigenvalue weighted by molar-refractivity contribution is 0.0513. The number of nitrogens with zero attached hydrogens (tertiary/aromatic N) is 1. The third kappa shape index (κ3) is 4.94. The number of methoxy groups -OCH3 is 1. The number of hydrogen-bond acceptors (Lipinski definition) is 3. The second kappa shape index (κ2) is 8.89. The first-order valence-electron chi connectivity index (χ1n) is 8.29. The maximum atomic E-state index is 5.59. The second-order valence-electron chi connectivity index (χ2n) is 6.19. The molecule has 1 heterocycles. The highest BCUT2D eigenvalue weighted by atomic mass is 16.5. The highest BCUT2D eigenvalue weighted by molar-refractivity contribution is 5.80. The Bertz CT molecular complexity index is 484. The van der Waals surface area contributed by atoms with Gasteiger partial charge in [0.25, 0.3) is 0 Å². The fourth-order valence-corrected chi connectivity index (χ4v) is 3.09. The van der Waals surface area contributed by atoms with Crippen molar-refractivity contribution in [2.45, 2.75) is 31.2 Å². The summed E-state index contributed by atoms with van der Waals surface area (Å²) in [6.45, 7) is 5.20. The van der Waals surface area contributed by atoms with Gasteiger partial charge in [-0.1, -0.05) is 30.3 Å². The maximum Gasteiger partial charge on any atom is 0.191 e. The van der Waals surface area contributed by atoms with Crippen molar-refractivity contribution in [2.75, 3.05) is 40.5 Å². The molecule has 23 heavy (non-hydrogen) atoms. The van der Waals surface area contributed by atoms with E-state index in [1.807, 2.05) is 0 Å². The molecule has 128 valence electrons. The molecular weight excluding hydrogens is 290 g/mol. The molecular formula is C18H29N3O2. The molecule has 0 aliphatic carbocycles. The van der Waals surface area contributed by atoms with Gasteiger partial charge in [0.05, 0.1) is 6.61 Å². The minimum absolute atomic E-state index is 0.0988. The standard InChI is InChI=1S/C18H29N3O2/c1-15(13-22-3)21-17(19-2)20-14-18(9-11-23-12-10-18)16-7-5-4-6-8-16/h4-8,15H,9-14H2,1-3H3,(H2,19,20,21). The van der Waals surface area contributed by atoms with Gasteiger partial charge in [-0.25, -0.2) is 0 Å². The van der Waals surface area contributed by atoms with E-state index in [0.29, 0.717) is 6.61 Å². The predicted molar refractivity (Wildman–Crippen MR) is 94.0 cm³/mol. The number of aliphatic imine (C=N–C) groups is 1. The molecule has 0 bridgehead atoms. The number of nitrogens with one attached hydrogen (secondary N) is 2. The molecule has 1 atom stereocenters. The van der Waals surface area contributed by atoms with Crippen LogP contribution in [-0.4, -0.2) is 52.5 Å². The van der Waals surface area contributed by atoms with Gasteiger partial charge in [0.15, 0.2) is 5.96 Å². The summed E-state index contributed by atoms with van der Waals surface area (Å²) in [5, 5.41) is 6.85. The first-order chi connectivity index (χ1) is 11.2. The Morgan fingerprint density at radius 3 is 2.61 bits per heavy atom. The summed E-state index contributed by atoms with van der Waals surface area (Å²) >= 11 is 0. The largest absolute Gasteiger partial charge is 0.383 e. The molecule has 5 nitrogen and oxygen atoms in total. The zero-order valence-electron chi connectivity index (χ0n) is 14.5. The summed E-state index contributed by atoms with van der Waals surface area (Å²) in [7, 11) is 3.51. The van der Waals surface area contributed by atoms with Crippen LogP contribution in [0.4, 0.5) is 0 Å². The average Bonchev–Trinajstić information content (AvgIpc) is 2.60. The number of benzene rings is 1. The van der Waals surface area contributed by atoms with Crippen molar-refractivity contribution < 1.29 is 9.47 Å². The quantitative estimate of drug-likeness (QED) is 0.621. The zero-order valence-corrected chi connectivity index (χ0v) is 14.5. The van der Waals surface area contributed by atoms with Gasteiger partial charge in [-0.2, -0.15) is 0 Å². The lowest BCUT2D eigenvalue weighted by atomic mass is 9.74. The zero-order chi connectivity index (χ0) is 16.5. The number of ether oxygens (including phenoxy) is 2. The van der Waals surface area contributed by atoms with E-state index in [-0.39, 0.29) is 11.5 Å². The van der Waals surface area contributed by atoms with Gasteiger partial charge in [-0.15, -0.1) is 0 Å². The molecule has 0 saturated carbocycles. The highest BCUT2D eigenvalue weighted by Gasteiger charge is 2.34. The molecule has 2 N–H and O–H groups in total. The Morgan fingerprint density at radius 1 is 1.30 bits per heavy atom. The van der Waals surface area contributed by atoms with E-state index in [1.54, 1.807) is 14.2 Å². The summed E-state index contributed by atoms with van der Waals surface area (Å²) in [5.41, 5.74) is 1.47. The van der Waals surface area contributed by atoms with Crippen molar-refractivity contribution in [1.29, 1.82) is 0 Å². The van der Waals surface area contributed by atoms with Gasteiger partial charge in [0.1, 0.15) is 0 Å². The molecule has 1 unspecified atom stereocenters. The molecule has 0 aromatic heterocycles. The number of rotatable bonds is 6. The molecule has 1 fully saturated rings. The minimum atomic E-state index is 0.0988. The van der Waals surface area contributed by atoms with Crippen molar-refractivity contribution in [2.24, 2.45) is 4.99 Å². The van der Waals surface area contributed by atoms with Crippen LogP contribution in [0, 0.1) is 0 Å². The minimum Gasteiger partial charge on any atom is -0.383 e. The smallest absolute Gasteiger partial charge is 0.191 e. The van der Waals surface area contributed by atoms with Crippen LogP contribution >= 0.6 is 0 Å². The Kier molecular flexibility index (Phi) is 6.86. The lowest BCUT2D eigenvalue weighted by Crippen LogP contribution is -2.50. The van der Waals surface area contributed by atoms with Crippen LogP contribution in [0.1, 0.15) is 25.3 Å². The van der Waals surface area contributed by atoms with Gasteiger partial charge in [-0.05, 0) is 25.3 Å².